The van der Waals surface area contributed by atoms with Crippen molar-refractivity contribution in [2.75, 3.05) is 26.2 Å². The van der Waals surface area contributed by atoms with Crippen molar-refractivity contribution in [2.45, 2.75) is 44.1 Å². The van der Waals surface area contributed by atoms with E-state index in [0.29, 0.717) is 0 Å². The van der Waals surface area contributed by atoms with Crippen molar-refractivity contribution < 1.29 is 10.2 Å². The van der Waals surface area contributed by atoms with Gasteiger partial charge in [0.1, 0.15) is 26.2 Å². The van der Waals surface area contributed by atoms with Gasteiger partial charge >= 0.3 is 0 Å². The second-order valence-corrected chi connectivity index (χ2v) is 7.17. The zero-order chi connectivity index (χ0) is 10.6. The molecule has 0 radical (unpaired) electrons. The lowest BCUT2D eigenvalue weighted by molar-refractivity contribution is -0.994. The summed E-state index contributed by atoms with van der Waals surface area (Å²) < 4.78 is 0. The van der Waals surface area contributed by atoms with Crippen molar-refractivity contribution in [1.29, 1.82) is 0 Å². The summed E-state index contributed by atoms with van der Waals surface area (Å²) in [6, 6.07) is 0. The van der Waals surface area contributed by atoms with E-state index >= 15 is 0 Å². The van der Waals surface area contributed by atoms with Gasteiger partial charge in [-0.2, -0.15) is 0 Å². The quantitative estimate of drug-likeness (QED) is 0.592. The van der Waals surface area contributed by atoms with Gasteiger partial charge in [-0.05, 0) is 37.0 Å². The predicted octanol–water partition coefficient (Wildman–Crippen LogP) is -0.583. The summed E-state index contributed by atoms with van der Waals surface area (Å²) in [5.74, 6) is 3.39. The van der Waals surface area contributed by atoms with Gasteiger partial charge in [0.2, 0.25) is 0 Å². The van der Waals surface area contributed by atoms with Gasteiger partial charge in [-0.25, -0.2) is 0 Å². The Hall–Kier alpha value is -0.0800. The SMILES string of the molecule is C1C[NH+](C23CC4CC(CC(C4)C2)C3)CC[NH2+]1. The molecule has 90 valence electrons. The summed E-state index contributed by atoms with van der Waals surface area (Å²) in [5, 5.41) is 2.52. The molecular formula is C14H26N2+2. The molecule has 5 rings (SSSR count). The zero-order valence-corrected chi connectivity index (χ0v) is 10.4. The summed E-state index contributed by atoms with van der Waals surface area (Å²) in [5.41, 5.74) is 0.767. The molecule has 4 aliphatic carbocycles. The highest BCUT2D eigenvalue weighted by atomic mass is 15.2. The third-order valence-corrected chi connectivity index (χ3v) is 6.09. The Morgan fingerprint density at radius 1 is 0.812 bits per heavy atom. The van der Waals surface area contributed by atoms with Crippen LogP contribution in [0.5, 0.6) is 0 Å². The molecule has 0 aromatic heterocycles. The van der Waals surface area contributed by atoms with E-state index in [9.17, 15) is 0 Å². The molecule has 3 N–H and O–H groups in total. The van der Waals surface area contributed by atoms with Crippen LogP contribution in [0.2, 0.25) is 0 Å². The van der Waals surface area contributed by atoms with Gasteiger partial charge in [-0.15, -0.1) is 0 Å². The van der Waals surface area contributed by atoms with E-state index in [0.717, 1.165) is 23.3 Å². The molecule has 4 saturated carbocycles. The second-order valence-electron chi connectivity index (χ2n) is 7.17. The van der Waals surface area contributed by atoms with Crippen LogP contribution in [-0.2, 0) is 0 Å². The molecule has 4 bridgehead atoms. The maximum Gasteiger partial charge on any atom is 0.127 e. The van der Waals surface area contributed by atoms with E-state index in [1.165, 1.54) is 26.2 Å². The lowest BCUT2D eigenvalue weighted by Gasteiger charge is -2.58. The fourth-order valence-electron chi connectivity index (χ4n) is 5.90. The maximum absolute atomic E-state index is 2.52. The van der Waals surface area contributed by atoms with Crippen molar-refractivity contribution in [2.24, 2.45) is 17.8 Å². The van der Waals surface area contributed by atoms with Crippen LogP contribution < -0.4 is 10.2 Å². The number of nitrogens with two attached hydrogens (primary N) is 1. The van der Waals surface area contributed by atoms with E-state index in [1.807, 2.05) is 4.90 Å². The molecule has 1 aliphatic heterocycles. The minimum atomic E-state index is 0.767. The molecule has 5 fully saturated rings. The van der Waals surface area contributed by atoms with Crippen LogP contribution in [0.3, 0.4) is 0 Å². The van der Waals surface area contributed by atoms with Gasteiger partial charge in [0, 0.05) is 19.3 Å². The summed E-state index contributed by atoms with van der Waals surface area (Å²) in [4.78, 5) is 2.01. The Balaban J connectivity index is 1.60. The van der Waals surface area contributed by atoms with E-state index in [1.54, 1.807) is 38.5 Å². The Morgan fingerprint density at radius 3 is 1.81 bits per heavy atom. The van der Waals surface area contributed by atoms with Crippen LogP contribution in [0, 0.1) is 17.8 Å². The highest BCUT2D eigenvalue weighted by Crippen LogP contribution is 2.54. The molecule has 5 aliphatic rings. The van der Waals surface area contributed by atoms with Crippen LogP contribution in [0.1, 0.15) is 38.5 Å². The van der Waals surface area contributed by atoms with Gasteiger partial charge in [-0.1, -0.05) is 0 Å². The Morgan fingerprint density at radius 2 is 1.31 bits per heavy atom. The van der Waals surface area contributed by atoms with Crippen molar-refractivity contribution in [3.63, 3.8) is 0 Å². The van der Waals surface area contributed by atoms with Crippen LogP contribution in [0.25, 0.3) is 0 Å². The molecule has 2 nitrogen and oxygen atoms in total. The zero-order valence-electron chi connectivity index (χ0n) is 10.4. The number of hydrogen-bond donors (Lipinski definition) is 2. The summed E-state index contributed by atoms with van der Waals surface area (Å²) in [6.45, 7) is 5.67. The highest BCUT2D eigenvalue weighted by molar-refractivity contribution is 5.02. The molecule has 0 unspecified atom stereocenters. The predicted molar refractivity (Wildman–Crippen MR) is 63.3 cm³/mol. The number of piperazine rings is 1. The first-order chi connectivity index (χ1) is 7.84. The highest BCUT2D eigenvalue weighted by Gasteiger charge is 2.56. The minimum Gasteiger partial charge on any atom is -0.337 e. The first-order valence-electron chi connectivity index (χ1n) is 7.51. The lowest BCUT2D eigenvalue weighted by atomic mass is 9.52. The fraction of sp³-hybridized carbons (Fsp3) is 1.00. The lowest BCUT2D eigenvalue weighted by Crippen LogP contribution is -3.27. The Kier molecular flexibility index (Phi) is 2.14. The number of rotatable bonds is 1. The topological polar surface area (TPSA) is 21.1 Å². The van der Waals surface area contributed by atoms with Crippen molar-refractivity contribution in [1.82, 2.24) is 0 Å². The molecule has 1 saturated heterocycles. The van der Waals surface area contributed by atoms with Crippen molar-refractivity contribution in [3.05, 3.63) is 0 Å². The first kappa shape index (κ1) is 9.90. The van der Waals surface area contributed by atoms with Gasteiger partial charge in [0.05, 0.1) is 5.54 Å². The number of quaternary nitrogens is 2. The molecule has 16 heavy (non-hydrogen) atoms. The molecule has 1 heterocycles. The number of nitrogens with one attached hydrogen (secondary N) is 1. The smallest absolute Gasteiger partial charge is 0.127 e. The van der Waals surface area contributed by atoms with Crippen LogP contribution >= 0.6 is 0 Å². The molecule has 0 aromatic carbocycles. The summed E-state index contributed by atoms with van der Waals surface area (Å²) >= 11 is 0. The fourth-order valence-corrected chi connectivity index (χ4v) is 5.90. The molecule has 0 amide bonds. The monoisotopic (exact) mass is 222 g/mol. The van der Waals surface area contributed by atoms with Gasteiger partial charge in [0.25, 0.3) is 0 Å². The molecule has 0 atom stereocenters. The van der Waals surface area contributed by atoms with E-state index in [4.69, 9.17) is 0 Å². The Labute approximate surface area is 98.8 Å². The van der Waals surface area contributed by atoms with E-state index < -0.39 is 0 Å². The molecular weight excluding hydrogens is 196 g/mol. The molecule has 0 spiro atoms. The van der Waals surface area contributed by atoms with Gasteiger partial charge in [0.15, 0.2) is 0 Å². The van der Waals surface area contributed by atoms with Gasteiger partial charge < -0.3 is 10.2 Å². The van der Waals surface area contributed by atoms with E-state index in [2.05, 4.69) is 5.32 Å². The standard InChI is InChI=1S/C14H24N2/c1-3-16(4-2-15-1)14-8-11-5-12(9-14)7-13(6-11)10-14/h11-13,15H,1-10H2/p+2. The van der Waals surface area contributed by atoms with Crippen LogP contribution in [0.4, 0.5) is 0 Å². The summed E-state index contributed by atoms with van der Waals surface area (Å²) in [7, 11) is 0. The average Bonchev–Trinajstić information content (AvgIpc) is 2.28. The average molecular weight is 222 g/mol. The third-order valence-electron chi connectivity index (χ3n) is 6.09. The Bertz CT molecular complexity index is 245. The third kappa shape index (κ3) is 1.39. The number of hydrogen-bond acceptors (Lipinski definition) is 0. The molecule has 0 aromatic rings. The van der Waals surface area contributed by atoms with Crippen molar-refractivity contribution >= 4 is 0 Å². The normalized spacial score (nSPS) is 52.1. The van der Waals surface area contributed by atoms with E-state index in [-0.39, 0.29) is 0 Å². The van der Waals surface area contributed by atoms with Crippen LogP contribution in [-0.4, -0.2) is 31.7 Å². The first-order valence-corrected chi connectivity index (χ1v) is 7.51. The van der Waals surface area contributed by atoms with Crippen molar-refractivity contribution in [3.8, 4) is 0 Å². The molecule has 2 heteroatoms. The largest absolute Gasteiger partial charge is 0.337 e. The minimum absolute atomic E-state index is 0.767. The summed E-state index contributed by atoms with van der Waals surface area (Å²) in [6.07, 6.45) is 9.56. The van der Waals surface area contributed by atoms with Crippen LogP contribution in [0.15, 0.2) is 0 Å². The second kappa shape index (κ2) is 3.46. The van der Waals surface area contributed by atoms with Gasteiger partial charge in [-0.3, -0.25) is 0 Å². The maximum atomic E-state index is 2.52.